The maximum absolute atomic E-state index is 9.44. The molecule has 0 saturated carbocycles. The molecule has 0 rings (SSSR count). The van der Waals surface area contributed by atoms with Gasteiger partial charge in [0.05, 0.1) is 0 Å². The average molecular weight is 206 g/mol. The molecule has 0 unspecified atom stereocenters. The van der Waals surface area contributed by atoms with E-state index in [-0.39, 0.29) is 32.5 Å². The van der Waals surface area contributed by atoms with Gasteiger partial charge in [0.2, 0.25) is 0 Å². The van der Waals surface area contributed by atoms with Crippen molar-refractivity contribution in [1.29, 1.82) is 0 Å². The molecule has 0 aliphatic rings. The van der Waals surface area contributed by atoms with Gasteiger partial charge in [0.1, 0.15) is 12.9 Å². The van der Waals surface area contributed by atoms with Gasteiger partial charge >= 0.3 is 25.8 Å². The second kappa shape index (κ2) is 9.71. The van der Waals surface area contributed by atoms with Gasteiger partial charge in [-0.25, -0.2) is 0 Å². The van der Waals surface area contributed by atoms with E-state index in [4.69, 9.17) is 0 Å². The summed E-state index contributed by atoms with van der Waals surface area (Å²) in [6.45, 7) is 2.71. The molecule has 0 radical (unpaired) electrons. The van der Waals surface area contributed by atoms with Gasteiger partial charge in [-0.05, 0) is 6.92 Å². The van der Waals surface area contributed by atoms with Crippen LogP contribution in [0.5, 0.6) is 0 Å². The molecular weight excluding hydrogens is 195 g/mol. The third-order valence-electron chi connectivity index (χ3n) is 0.390. The Kier molecular flexibility index (Phi) is 14.5. The first-order valence-corrected chi connectivity index (χ1v) is 1.93. The number of carbonyl (C=O) groups is 1. The van der Waals surface area contributed by atoms with Gasteiger partial charge in [-0.1, -0.05) is 0 Å². The van der Waals surface area contributed by atoms with Crippen LogP contribution < -0.4 is 0 Å². The molecule has 0 aliphatic heterocycles. The predicted octanol–water partition coefficient (Wildman–Crippen LogP) is -0.962. The zero-order valence-electron chi connectivity index (χ0n) is 3.81. The summed E-state index contributed by atoms with van der Waals surface area (Å²) in [5.74, 6) is 0. The summed E-state index contributed by atoms with van der Waals surface area (Å²) in [4.78, 5) is 9.44. The molecule has 0 aliphatic carbocycles. The molecule has 3 heteroatoms. The van der Waals surface area contributed by atoms with Crippen molar-refractivity contribution >= 4 is 32.1 Å². The van der Waals surface area contributed by atoms with E-state index in [1.807, 2.05) is 6.92 Å². The Labute approximate surface area is 62.0 Å². The van der Waals surface area contributed by atoms with E-state index >= 15 is 0 Å². The Hall–Kier alpha value is 0.500. The molecule has 0 amide bonds. The molecule has 0 bridgehead atoms. The fourth-order valence-electron chi connectivity index (χ4n) is 0.166. The van der Waals surface area contributed by atoms with Crippen LogP contribution in [0, 0.1) is 0 Å². The first-order chi connectivity index (χ1) is 2.91. The van der Waals surface area contributed by atoms with Crippen molar-refractivity contribution in [2.45, 2.75) is 6.92 Å². The Bertz CT molecular complexity index is 38.7. The topological polar surface area (TPSA) is 26.3 Å². The molecule has 0 heterocycles. The molecule has 2 nitrogen and oxygen atoms in total. The summed E-state index contributed by atoms with van der Waals surface area (Å²) in [7, 11) is 0. The molecule has 0 aromatic carbocycles. The number of hydrogen-bond donors (Lipinski definition) is 0. The quantitative estimate of drug-likeness (QED) is 0.439. The van der Waals surface area contributed by atoms with Crippen molar-refractivity contribution < 1.29 is 9.53 Å². The van der Waals surface area contributed by atoms with Crippen LogP contribution >= 0.6 is 0 Å². The van der Waals surface area contributed by atoms with Crippen LogP contribution in [0.25, 0.3) is 0 Å². The van der Waals surface area contributed by atoms with Gasteiger partial charge in [0.25, 0.3) is 0 Å². The van der Waals surface area contributed by atoms with Crippen LogP contribution in [0.3, 0.4) is 0 Å². The van der Waals surface area contributed by atoms with Gasteiger partial charge < -0.3 is 9.53 Å². The molecule has 0 aromatic rings. The molecule has 0 aromatic heterocycles. The summed E-state index contributed by atoms with van der Waals surface area (Å²) < 4.78 is 4.61. The molecule has 0 spiro atoms. The molecule has 0 saturated heterocycles. The third-order valence-corrected chi connectivity index (χ3v) is 0.390. The molecule has 7 heavy (non-hydrogen) atoms. The van der Waals surface area contributed by atoms with Crippen LogP contribution in [0.15, 0.2) is 0 Å². The van der Waals surface area contributed by atoms with E-state index in [0.29, 0.717) is 6.61 Å². The second-order valence-electron chi connectivity index (χ2n) is 0.826. The zero-order valence-corrected chi connectivity index (χ0v) is 3.81. The second-order valence-corrected chi connectivity index (χ2v) is 0.826. The van der Waals surface area contributed by atoms with E-state index < -0.39 is 0 Å². The summed E-state index contributed by atoms with van der Waals surface area (Å²) in [6, 6.07) is 0. The SMILES string of the molecule is CCOCC=O.[InH3]. The van der Waals surface area contributed by atoms with Gasteiger partial charge in [0, 0.05) is 6.61 Å². The fourth-order valence-corrected chi connectivity index (χ4v) is 0.166. The first-order valence-electron chi connectivity index (χ1n) is 1.93. The Morgan fingerprint density at radius 2 is 2.29 bits per heavy atom. The zero-order chi connectivity index (χ0) is 4.83. The van der Waals surface area contributed by atoms with E-state index in [9.17, 15) is 4.79 Å². The van der Waals surface area contributed by atoms with E-state index in [1.165, 1.54) is 0 Å². The summed E-state index contributed by atoms with van der Waals surface area (Å²) in [6.07, 6.45) is 0.740. The minimum absolute atomic E-state index is 0. The molecular formula is C4H11InO2. The monoisotopic (exact) mass is 206 g/mol. The minimum atomic E-state index is 0. The van der Waals surface area contributed by atoms with Crippen LogP contribution in [-0.2, 0) is 9.53 Å². The van der Waals surface area contributed by atoms with E-state index in [2.05, 4.69) is 4.74 Å². The van der Waals surface area contributed by atoms with Crippen molar-refractivity contribution in [2.75, 3.05) is 13.2 Å². The Morgan fingerprint density at radius 1 is 1.71 bits per heavy atom. The van der Waals surface area contributed by atoms with Crippen LogP contribution in [0.1, 0.15) is 6.92 Å². The van der Waals surface area contributed by atoms with Gasteiger partial charge in [-0.3, -0.25) is 0 Å². The maximum atomic E-state index is 9.44. The Balaban J connectivity index is 0. The van der Waals surface area contributed by atoms with Crippen molar-refractivity contribution in [2.24, 2.45) is 0 Å². The van der Waals surface area contributed by atoms with Gasteiger partial charge in [0.15, 0.2) is 0 Å². The standard InChI is InChI=1S/C4H8O2.In.3H/c1-2-6-4-3-5;;;;/h3H,2,4H2,1H3;;;;. The third kappa shape index (κ3) is 10.7. The van der Waals surface area contributed by atoms with Crippen molar-refractivity contribution in [3.05, 3.63) is 0 Å². The summed E-state index contributed by atoms with van der Waals surface area (Å²) >= 11 is 0. The van der Waals surface area contributed by atoms with Gasteiger partial charge in [-0.15, -0.1) is 0 Å². The Morgan fingerprint density at radius 3 is 2.43 bits per heavy atom. The van der Waals surface area contributed by atoms with E-state index in [1.54, 1.807) is 0 Å². The summed E-state index contributed by atoms with van der Waals surface area (Å²) in [5, 5.41) is 0. The van der Waals surface area contributed by atoms with Crippen LogP contribution in [0.4, 0.5) is 0 Å². The van der Waals surface area contributed by atoms with E-state index in [0.717, 1.165) is 6.29 Å². The number of carbonyl (C=O) groups excluding carboxylic acids is 1. The number of aldehydes is 1. The predicted molar refractivity (Wildman–Crippen MR) is 32.5 cm³/mol. The van der Waals surface area contributed by atoms with Crippen molar-refractivity contribution in [3.8, 4) is 0 Å². The normalized spacial score (nSPS) is 7.00. The number of ether oxygens (including phenoxy) is 1. The van der Waals surface area contributed by atoms with Crippen molar-refractivity contribution in [1.82, 2.24) is 0 Å². The molecule has 0 atom stereocenters. The fraction of sp³-hybridized carbons (Fsp3) is 0.750. The number of hydrogen-bond acceptors (Lipinski definition) is 2. The average Bonchev–Trinajstić information content (AvgIpc) is 1.61. The van der Waals surface area contributed by atoms with Crippen LogP contribution in [-0.4, -0.2) is 45.3 Å². The van der Waals surface area contributed by atoms with Crippen molar-refractivity contribution in [3.63, 3.8) is 0 Å². The molecule has 42 valence electrons. The molecule has 0 fully saturated rings. The first kappa shape index (κ1) is 10.5. The summed E-state index contributed by atoms with van der Waals surface area (Å²) in [5.41, 5.74) is 0. The number of rotatable bonds is 3. The van der Waals surface area contributed by atoms with Gasteiger partial charge in [-0.2, -0.15) is 0 Å². The van der Waals surface area contributed by atoms with Crippen LogP contribution in [0.2, 0.25) is 0 Å². The molecule has 0 N–H and O–H groups in total.